The van der Waals surface area contributed by atoms with Crippen molar-refractivity contribution < 1.29 is 19.5 Å². The molecule has 6 nitrogen and oxygen atoms in total. The highest BCUT2D eigenvalue weighted by Gasteiger charge is 2.16. The van der Waals surface area contributed by atoms with Gasteiger partial charge in [0.15, 0.2) is 0 Å². The Morgan fingerprint density at radius 3 is 2.29 bits per heavy atom. The molecule has 1 aromatic rings. The summed E-state index contributed by atoms with van der Waals surface area (Å²) in [6, 6.07) is 6.96. The molecule has 6 heteroatoms. The quantitative estimate of drug-likeness (QED) is 0.793. The number of aliphatic carboxylic acids is 1. The van der Waals surface area contributed by atoms with Gasteiger partial charge in [0.1, 0.15) is 0 Å². The van der Waals surface area contributed by atoms with E-state index in [9.17, 15) is 19.5 Å². The molecule has 0 atom stereocenters. The summed E-state index contributed by atoms with van der Waals surface area (Å²) in [7, 11) is 0. The minimum Gasteiger partial charge on any atom is -0.550 e. The van der Waals surface area contributed by atoms with Crippen LogP contribution in [0.15, 0.2) is 24.3 Å². The number of nitrogens with one attached hydrogen (secondary N) is 2. The molecule has 1 aliphatic carbocycles. The molecule has 0 spiro atoms. The van der Waals surface area contributed by atoms with Crippen LogP contribution in [0.5, 0.6) is 0 Å². The molecule has 1 aliphatic rings. The molecule has 2 rings (SSSR count). The predicted octanol–water partition coefficient (Wildman–Crippen LogP) is 1.61. The van der Waals surface area contributed by atoms with E-state index in [0.29, 0.717) is 11.3 Å². The van der Waals surface area contributed by atoms with Gasteiger partial charge in [-0.2, -0.15) is 0 Å². The van der Waals surface area contributed by atoms with Gasteiger partial charge in [-0.3, -0.25) is 9.59 Å². The summed E-state index contributed by atoms with van der Waals surface area (Å²) in [5, 5.41) is 16.0. The number of hydrogen-bond donors (Lipinski definition) is 2. The molecule has 2 amide bonds. The van der Waals surface area contributed by atoms with Crippen LogP contribution in [-0.4, -0.2) is 23.8 Å². The van der Waals surface area contributed by atoms with Gasteiger partial charge < -0.3 is 20.5 Å². The summed E-state index contributed by atoms with van der Waals surface area (Å²) >= 11 is 0. The van der Waals surface area contributed by atoms with Gasteiger partial charge in [-0.25, -0.2) is 0 Å². The largest absolute Gasteiger partial charge is 0.550 e. The van der Waals surface area contributed by atoms with Crippen molar-refractivity contribution in [2.45, 2.75) is 57.4 Å². The zero-order chi connectivity index (χ0) is 17.4. The van der Waals surface area contributed by atoms with E-state index in [4.69, 9.17) is 0 Å². The van der Waals surface area contributed by atoms with Gasteiger partial charge in [0.05, 0.1) is 0 Å². The number of anilines is 1. The van der Waals surface area contributed by atoms with Crippen LogP contribution < -0.4 is 15.7 Å². The second-order valence-electron chi connectivity index (χ2n) is 6.16. The van der Waals surface area contributed by atoms with E-state index in [1.54, 1.807) is 24.3 Å². The normalized spacial score (nSPS) is 14.8. The standard InChI is InChI=1S/C18H24N2O4/c21-16(7-4-8-17(22)23)19-15-11-9-13(10-12-15)18(24)20-14-5-2-1-3-6-14/h9-12,14H,1-8H2,(H,19,21)(H,20,24)(H,22,23)/p-1. The Bertz CT molecular complexity index is 577. The van der Waals surface area contributed by atoms with Crippen LogP contribution in [0.2, 0.25) is 0 Å². The minimum atomic E-state index is -1.16. The van der Waals surface area contributed by atoms with Gasteiger partial charge in [-0.15, -0.1) is 0 Å². The minimum absolute atomic E-state index is 0.0891. The van der Waals surface area contributed by atoms with Crippen molar-refractivity contribution in [1.82, 2.24) is 5.32 Å². The van der Waals surface area contributed by atoms with E-state index < -0.39 is 5.97 Å². The van der Waals surface area contributed by atoms with Gasteiger partial charge in [0.2, 0.25) is 5.91 Å². The van der Waals surface area contributed by atoms with E-state index in [0.717, 1.165) is 25.7 Å². The van der Waals surface area contributed by atoms with Crippen molar-refractivity contribution in [1.29, 1.82) is 0 Å². The smallest absolute Gasteiger partial charge is 0.251 e. The Kier molecular flexibility index (Phi) is 6.78. The number of carboxylic acids is 1. The first-order valence-electron chi connectivity index (χ1n) is 8.45. The Labute approximate surface area is 141 Å². The maximum Gasteiger partial charge on any atom is 0.251 e. The zero-order valence-electron chi connectivity index (χ0n) is 13.7. The molecule has 0 unspecified atom stereocenters. The van der Waals surface area contributed by atoms with Gasteiger partial charge >= 0.3 is 0 Å². The molecule has 2 N–H and O–H groups in total. The van der Waals surface area contributed by atoms with E-state index in [-0.39, 0.29) is 37.1 Å². The third-order valence-electron chi connectivity index (χ3n) is 4.16. The molecule has 0 aliphatic heterocycles. The molecular weight excluding hydrogens is 308 g/mol. The molecule has 0 radical (unpaired) electrons. The van der Waals surface area contributed by atoms with Crippen LogP contribution >= 0.6 is 0 Å². The van der Waals surface area contributed by atoms with Crippen molar-refractivity contribution >= 4 is 23.5 Å². The third kappa shape index (κ3) is 6.02. The number of benzene rings is 1. The molecule has 0 heterocycles. The Morgan fingerprint density at radius 2 is 1.67 bits per heavy atom. The molecule has 1 fully saturated rings. The summed E-state index contributed by atoms with van der Waals surface area (Å²) in [6.45, 7) is 0. The first kappa shape index (κ1) is 18.0. The number of carbonyl (C=O) groups is 3. The van der Waals surface area contributed by atoms with Crippen molar-refractivity contribution in [3.8, 4) is 0 Å². The summed E-state index contributed by atoms with van der Waals surface area (Å²) in [5.41, 5.74) is 1.15. The summed E-state index contributed by atoms with van der Waals surface area (Å²) in [4.78, 5) is 34.2. The highest BCUT2D eigenvalue weighted by molar-refractivity contribution is 5.96. The Balaban J connectivity index is 1.80. The lowest BCUT2D eigenvalue weighted by Gasteiger charge is -2.22. The van der Waals surface area contributed by atoms with E-state index in [1.165, 1.54) is 6.42 Å². The summed E-state index contributed by atoms with van der Waals surface area (Å²) in [5.74, 6) is -1.50. The topological polar surface area (TPSA) is 98.3 Å². The van der Waals surface area contributed by atoms with Crippen LogP contribution in [-0.2, 0) is 9.59 Å². The first-order chi connectivity index (χ1) is 11.5. The SMILES string of the molecule is O=C([O-])CCCC(=O)Nc1ccc(C(=O)NC2CCCCC2)cc1. The first-order valence-corrected chi connectivity index (χ1v) is 8.45. The number of amides is 2. The van der Waals surface area contributed by atoms with Crippen molar-refractivity contribution in [3.05, 3.63) is 29.8 Å². The fourth-order valence-corrected chi connectivity index (χ4v) is 2.84. The maximum atomic E-state index is 12.2. The van der Waals surface area contributed by atoms with Crippen molar-refractivity contribution in [3.63, 3.8) is 0 Å². The van der Waals surface area contributed by atoms with Crippen molar-refractivity contribution in [2.75, 3.05) is 5.32 Å². The molecule has 0 saturated heterocycles. The lowest BCUT2D eigenvalue weighted by molar-refractivity contribution is -0.305. The predicted molar refractivity (Wildman–Crippen MR) is 88.3 cm³/mol. The molecule has 1 aromatic carbocycles. The number of rotatable bonds is 7. The number of carboxylic acid groups (broad SMARTS) is 1. The van der Waals surface area contributed by atoms with Crippen LogP contribution in [0.3, 0.4) is 0 Å². The molecule has 130 valence electrons. The zero-order valence-corrected chi connectivity index (χ0v) is 13.7. The average Bonchev–Trinajstić information content (AvgIpc) is 2.56. The monoisotopic (exact) mass is 331 g/mol. The van der Waals surface area contributed by atoms with E-state index >= 15 is 0 Å². The Hall–Kier alpha value is -2.37. The maximum absolute atomic E-state index is 12.2. The third-order valence-corrected chi connectivity index (χ3v) is 4.16. The fraction of sp³-hybridized carbons (Fsp3) is 0.500. The fourth-order valence-electron chi connectivity index (χ4n) is 2.84. The van der Waals surface area contributed by atoms with Crippen LogP contribution in [0.25, 0.3) is 0 Å². The lowest BCUT2D eigenvalue weighted by atomic mass is 9.95. The molecule has 24 heavy (non-hydrogen) atoms. The Morgan fingerprint density at radius 1 is 1.00 bits per heavy atom. The molecule has 0 bridgehead atoms. The van der Waals surface area contributed by atoms with Gasteiger partial charge in [-0.05, 0) is 49.9 Å². The van der Waals surface area contributed by atoms with Gasteiger partial charge in [-0.1, -0.05) is 19.3 Å². The van der Waals surface area contributed by atoms with Gasteiger partial charge in [0.25, 0.3) is 5.91 Å². The number of carbonyl (C=O) groups excluding carboxylic acids is 3. The number of hydrogen-bond acceptors (Lipinski definition) is 4. The average molecular weight is 331 g/mol. The molecular formula is C18H23N2O4-. The van der Waals surface area contributed by atoms with E-state index in [2.05, 4.69) is 10.6 Å². The summed E-state index contributed by atoms with van der Waals surface area (Å²) in [6.07, 6.45) is 5.87. The van der Waals surface area contributed by atoms with Gasteiger partial charge in [0, 0.05) is 29.7 Å². The summed E-state index contributed by atoms with van der Waals surface area (Å²) < 4.78 is 0. The molecule has 0 aromatic heterocycles. The second-order valence-corrected chi connectivity index (χ2v) is 6.16. The lowest BCUT2D eigenvalue weighted by Crippen LogP contribution is -2.36. The van der Waals surface area contributed by atoms with Crippen LogP contribution in [0, 0.1) is 0 Å². The van der Waals surface area contributed by atoms with Crippen molar-refractivity contribution in [2.24, 2.45) is 0 Å². The molecule has 1 saturated carbocycles. The highest BCUT2D eigenvalue weighted by atomic mass is 16.4. The second kappa shape index (κ2) is 9.05. The highest BCUT2D eigenvalue weighted by Crippen LogP contribution is 2.18. The van der Waals surface area contributed by atoms with E-state index in [1.807, 2.05) is 0 Å². The van der Waals surface area contributed by atoms with Crippen LogP contribution in [0.1, 0.15) is 61.7 Å². The van der Waals surface area contributed by atoms with Crippen LogP contribution in [0.4, 0.5) is 5.69 Å².